The van der Waals surface area contributed by atoms with Crippen molar-refractivity contribution in [2.75, 3.05) is 18.6 Å². The lowest BCUT2D eigenvalue weighted by Gasteiger charge is -2.15. The van der Waals surface area contributed by atoms with Crippen LogP contribution in [0.5, 0.6) is 0 Å². The first-order valence-electron chi connectivity index (χ1n) is 7.78. The van der Waals surface area contributed by atoms with Crippen LogP contribution in [-0.2, 0) is 4.79 Å². The molecule has 132 valence electrons. The van der Waals surface area contributed by atoms with Crippen LogP contribution in [0.2, 0.25) is 0 Å². The second-order valence-corrected chi connectivity index (χ2v) is 9.23. The number of carbonyl (C=O) groups excluding carboxylic acids is 2. The van der Waals surface area contributed by atoms with Crippen molar-refractivity contribution in [3.8, 4) is 0 Å². The molecule has 2 rings (SSSR count). The largest absolute Gasteiger partial charge is 0.390 e. The number of pyridine rings is 1. The Balaban J connectivity index is 0.000000254. The molecule has 1 aliphatic rings. The number of nitrogens with one attached hydrogen (secondary N) is 1. The predicted molar refractivity (Wildman–Crippen MR) is 105 cm³/mol. The molecule has 1 aromatic heterocycles. The van der Waals surface area contributed by atoms with Crippen molar-refractivity contribution in [2.45, 2.75) is 39.4 Å². The third kappa shape index (κ3) is 7.09. The number of thioether (sulfide) groups is 2. The maximum absolute atomic E-state index is 11.7. The highest BCUT2D eigenvalue weighted by Gasteiger charge is 2.18. The van der Waals surface area contributed by atoms with E-state index in [9.17, 15) is 9.59 Å². The van der Waals surface area contributed by atoms with E-state index in [1.807, 2.05) is 46.9 Å². The summed E-state index contributed by atoms with van der Waals surface area (Å²) in [5.74, 6) is 2.05. The first-order chi connectivity index (χ1) is 11.1. The smallest absolute Gasteiger partial charge is 0.221 e. The summed E-state index contributed by atoms with van der Waals surface area (Å²) in [4.78, 5) is 26.7. The molecule has 0 bridgehead atoms. The fourth-order valence-electron chi connectivity index (χ4n) is 1.89. The Hall–Kier alpha value is -1.27. The maximum atomic E-state index is 11.7. The van der Waals surface area contributed by atoms with Gasteiger partial charge in [0.05, 0.1) is 0 Å². The summed E-state index contributed by atoms with van der Waals surface area (Å²) in [6, 6.07) is 3.68. The molecule has 1 aromatic rings. The Morgan fingerprint density at radius 1 is 1.25 bits per heavy atom. The number of aromatic nitrogens is 1. The molecule has 0 amide bonds. The Labute approximate surface area is 153 Å². The van der Waals surface area contributed by atoms with Crippen molar-refractivity contribution in [2.24, 2.45) is 0 Å². The van der Waals surface area contributed by atoms with E-state index in [4.69, 9.17) is 0 Å². The number of carbonyl (C=O) groups is 2. The lowest BCUT2D eigenvalue weighted by molar-refractivity contribution is -0.113. The first kappa shape index (κ1) is 20.8. The molecule has 24 heavy (non-hydrogen) atoms. The highest BCUT2D eigenvalue weighted by atomic mass is 32.2. The SMILES string of the molecule is CNC1=C(C(C)=O)CSC1.Cc1ccc(C(=O)SC(C)(C)C)cn1. The van der Waals surface area contributed by atoms with Gasteiger partial charge in [-0.3, -0.25) is 14.6 Å². The molecule has 0 aliphatic carbocycles. The van der Waals surface area contributed by atoms with Crippen molar-refractivity contribution in [1.82, 2.24) is 10.3 Å². The highest BCUT2D eigenvalue weighted by molar-refractivity contribution is 8.15. The minimum atomic E-state index is -0.0397. The normalized spacial score (nSPS) is 14.1. The summed E-state index contributed by atoms with van der Waals surface area (Å²) >= 11 is 3.12. The van der Waals surface area contributed by atoms with Crippen molar-refractivity contribution < 1.29 is 9.59 Å². The topological polar surface area (TPSA) is 59.1 Å². The van der Waals surface area contributed by atoms with Gasteiger partial charge in [0.2, 0.25) is 5.12 Å². The van der Waals surface area contributed by atoms with E-state index in [2.05, 4.69) is 10.3 Å². The van der Waals surface area contributed by atoms with Crippen LogP contribution in [-0.4, -0.2) is 39.2 Å². The molecule has 0 spiro atoms. The molecular weight excluding hydrogens is 340 g/mol. The number of nitrogens with zero attached hydrogens (tertiary/aromatic N) is 1. The van der Waals surface area contributed by atoms with Crippen molar-refractivity contribution >= 4 is 34.4 Å². The van der Waals surface area contributed by atoms with E-state index in [0.29, 0.717) is 5.56 Å². The van der Waals surface area contributed by atoms with E-state index in [-0.39, 0.29) is 15.6 Å². The van der Waals surface area contributed by atoms with Gasteiger partial charge < -0.3 is 5.32 Å². The van der Waals surface area contributed by atoms with Crippen LogP contribution in [0, 0.1) is 6.92 Å². The van der Waals surface area contributed by atoms with Crippen LogP contribution in [0.4, 0.5) is 0 Å². The number of aryl methyl sites for hydroxylation is 1. The highest BCUT2D eigenvalue weighted by Crippen LogP contribution is 2.26. The van der Waals surface area contributed by atoms with Crippen LogP contribution in [0.25, 0.3) is 0 Å². The van der Waals surface area contributed by atoms with Gasteiger partial charge in [0, 0.05) is 52.0 Å². The Morgan fingerprint density at radius 3 is 2.33 bits per heavy atom. The minimum absolute atomic E-state index is 0.0397. The summed E-state index contributed by atoms with van der Waals surface area (Å²) in [5.41, 5.74) is 3.68. The van der Waals surface area contributed by atoms with Gasteiger partial charge in [0.1, 0.15) is 0 Å². The van der Waals surface area contributed by atoms with Crippen LogP contribution in [0.15, 0.2) is 29.6 Å². The average Bonchev–Trinajstić information content (AvgIpc) is 2.95. The molecule has 4 nitrogen and oxygen atoms in total. The lowest BCUT2D eigenvalue weighted by Crippen LogP contribution is -2.12. The van der Waals surface area contributed by atoms with Crippen LogP contribution >= 0.6 is 23.5 Å². The number of rotatable bonds is 3. The molecular formula is C18H26N2O2S2. The zero-order chi connectivity index (χ0) is 18.3. The van der Waals surface area contributed by atoms with Gasteiger partial charge in [-0.2, -0.15) is 11.8 Å². The van der Waals surface area contributed by atoms with Crippen LogP contribution in [0.1, 0.15) is 43.7 Å². The molecule has 0 fully saturated rings. The molecule has 1 N–H and O–H groups in total. The summed E-state index contributed by atoms with van der Waals surface area (Å²) < 4.78 is -0.0397. The zero-order valence-electron chi connectivity index (χ0n) is 15.2. The van der Waals surface area contributed by atoms with Crippen LogP contribution < -0.4 is 5.32 Å². The number of hydrogen-bond donors (Lipinski definition) is 1. The number of ketones is 1. The third-order valence-corrected chi connectivity index (χ3v) is 5.15. The van der Waals surface area contributed by atoms with Crippen LogP contribution in [0.3, 0.4) is 0 Å². The molecule has 1 aliphatic heterocycles. The summed E-state index contributed by atoms with van der Waals surface area (Å²) in [5, 5.41) is 3.12. The molecule has 0 radical (unpaired) electrons. The monoisotopic (exact) mass is 366 g/mol. The zero-order valence-corrected chi connectivity index (χ0v) is 16.9. The molecule has 2 heterocycles. The first-order valence-corrected chi connectivity index (χ1v) is 9.75. The molecule has 0 unspecified atom stereocenters. The van der Waals surface area contributed by atoms with Crippen molar-refractivity contribution in [1.29, 1.82) is 0 Å². The predicted octanol–water partition coefficient (Wildman–Crippen LogP) is 3.86. The Morgan fingerprint density at radius 2 is 1.92 bits per heavy atom. The van der Waals surface area contributed by atoms with Gasteiger partial charge >= 0.3 is 0 Å². The van der Waals surface area contributed by atoms with E-state index in [1.165, 1.54) is 11.8 Å². The van der Waals surface area contributed by atoms with Gasteiger partial charge in [0.25, 0.3) is 0 Å². The quantitative estimate of drug-likeness (QED) is 0.877. The fourth-order valence-corrected chi connectivity index (χ4v) is 3.89. The Kier molecular flexibility index (Phi) is 8.03. The molecule has 0 atom stereocenters. The second kappa shape index (κ2) is 9.28. The molecule has 0 saturated heterocycles. The van der Waals surface area contributed by atoms with Gasteiger partial charge in [-0.25, -0.2) is 0 Å². The molecule has 0 saturated carbocycles. The van der Waals surface area contributed by atoms with Crippen molar-refractivity contribution in [3.63, 3.8) is 0 Å². The molecule has 0 aromatic carbocycles. The lowest BCUT2D eigenvalue weighted by atomic mass is 10.2. The Bertz CT molecular complexity index is 617. The summed E-state index contributed by atoms with van der Waals surface area (Å²) in [6.45, 7) is 9.61. The van der Waals surface area contributed by atoms with Gasteiger partial charge in [0.15, 0.2) is 5.78 Å². The van der Waals surface area contributed by atoms with Gasteiger partial charge in [-0.15, -0.1) is 0 Å². The summed E-state index contributed by atoms with van der Waals surface area (Å²) in [6.07, 6.45) is 1.64. The standard InChI is InChI=1S/C11H15NOS.C7H11NOS/c1-8-5-6-9(7-12-8)10(13)14-11(2,3)4;1-5(9)6-3-10-4-7(6)8-2/h5-7H,1-4H3;8H,3-4H2,1-2H3. The average molecular weight is 367 g/mol. The third-order valence-electron chi connectivity index (χ3n) is 3.13. The fraction of sp³-hybridized carbons (Fsp3) is 0.500. The van der Waals surface area contributed by atoms with E-state index < -0.39 is 0 Å². The number of Topliss-reactive ketones (excluding diaryl/α,β-unsaturated/α-hetero) is 1. The minimum Gasteiger partial charge on any atom is -0.390 e. The second-order valence-electron chi connectivity index (χ2n) is 6.45. The van der Waals surface area contributed by atoms with E-state index in [0.717, 1.165) is 28.5 Å². The van der Waals surface area contributed by atoms with E-state index in [1.54, 1.807) is 24.9 Å². The van der Waals surface area contributed by atoms with Gasteiger partial charge in [-0.05, 0) is 26.0 Å². The maximum Gasteiger partial charge on any atom is 0.221 e. The van der Waals surface area contributed by atoms with Crippen molar-refractivity contribution in [3.05, 3.63) is 40.9 Å². The molecule has 6 heteroatoms. The summed E-state index contributed by atoms with van der Waals surface area (Å²) in [7, 11) is 1.87. The van der Waals surface area contributed by atoms with Gasteiger partial charge in [-0.1, -0.05) is 32.5 Å². The number of hydrogen-bond acceptors (Lipinski definition) is 6. The van der Waals surface area contributed by atoms with E-state index >= 15 is 0 Å².